The minimum atomic E-state index is -3.71. The Bertz CT molecular complexity index is 779. The molecule has 3 rings (SSSR count). The maximum Gasteiger partial charge on any atom is 0.255 e. The van der Waals surface area contributed by atoms with Gasteiger partial charge in [-0.25, -0.2) is 8.42 Å². The van der Waals surface area contributed by atoms with Crippen LogP contribution < -0.4 is 15.4 Å². The third-order valence-electron chi connectivity index (χ3n) is 4.85. The first-order valence-corrected chi connectivity index (χ1v) is 10.3. The molecule has 0 aromatic heterocycles. The summed E-state index contributed by atoms with van der Waals surface area (Å²) in [5.74, 6) is -0.233. The van der Waals surface area contributed by atoms with Gasteiger partial charge in [0.1, 0.15) is 5.75 Å². The Labute approximate surface area is 158 Å². The van der Waals surface area contributed by atoms with Crippen LogP contribution in [0.2, 0.25) is 0 Å². The van der Waals surface area contributed by atoms with E-state index in [9.17, 15) is 18.3 Å². The van der Waals surface area contributed by atoms with E-state index in [-0.39, 0.29) is 36.0 Å². The number of benzene rings is 1. The number of aliphatic hydroxyl groups is 1. The van der Waals surface area contributed by atoms with E-state index in [1.165, 1.54) is 29.6 Å². The predicted molar refractivity (Wildman–Crippen MR) is 97.3 cm³/mol. The topological polar surface area (TPSA) is 117 Å². The van der Waals surface area contributed by atoms with Crippen molar-refractivity contribution in [1.29, 1.82) is 0 Å². The summed E-state index contributed by atoms with van der Waals surface area (Å²) in [6, 6.07) is 4.25. The van der Waals surface area contributed by atoms with Gasteiger partial charge in [0.25, 0.3) is 5.91 Å². The first-order valence-electron chi connectivity index (χ1n) is 8.86. The number of rotatable bonds is 6. The number of hydrogen-bond acceptors (Lipinski definition) is 7. The highest BCUT2D eigenvalue weighted by molar-refractivity contribution is 7.89. The summed E-state index contributed by atoms with van der Waals surface area (Å²) in [4.78, 5) is 12.7. The number of β-amino-alcohol motifs (C(OH)–C–C–N with tert-alkyl or cyclic N) is 1. The maximum atomic E-state index is 12.8. The Hall–Kier alpha value is -1.72. The van der Waals surface area contributed by atoms with Gasteiger partial charge in [0.15, 0.2) is 0 Å². The first kappa shape index (κ1) is 20.0. The number of methoxy groups -OCH3 is 1. The second-order valence-electron chi connectivity index (χ2n) is 6.57. The van der Waals surface area contributed by atoms with Gasteiger partial charge in [-0.15, -0.1) is 0 Å². The van der Waals surface area contributed by atoms with Crippen LogP contribution in [-0.4, -0.2) is 82.9 Å². The van der Waals surface area contributed by atoms with E-state index < -0.39 is 22.0 Å². The van der Waals surface area contributed by atoms with Crippen LogP contribution in [0.5, 0.6) is 5.75 Å². The van der Waals surface area contributed by atoms with Gasteiger partial charge in [-0.05, 0) is 18.2 Å². The molecule has 0 aliphatic carbocycles. The highest BCUT2D eigenvalue weighted by Gasteiger charge is 2.29. The van der Waals surface area contributed by atoms with Gasteiger partial charge in [-0.1, -0.05) is 0 Å². The lowest BCUT2D eigenvalue weighted by Crippen LogP contribution is -2.40. The van der Waals surface area contributed by atoms with Gasteiger partial charge in [-0.3, -0.25) is 4.79 Å². The number of nitrogens with zero attached hydrogens (tertiary/aromatic N) is 1. The van der Waals surface area contributed by atoms with E-state index in [1.807, 2.05) is 0 Å². The zero-order valence-electron chi connectivity index (χ0n) is 15.2. The zero-order valence-corrected chi connectivity index (χ0v) is 16.0. The van der Waals surface area contributed by atoms with E-state index >= 15 is 0 Å². The van der Waals surface area contributed by atoms with Crippen LogP contribution in [0.4, 0.5) is 0 Å². The molecule has 2 fully saturated rings. The molecule has 1 amide bonds. The van der Waals surface area contributed by atoms with Gasteiger partial charge in [0.2, 0.25) is 10.0 Å². The predicted octanol–water partition coefficient (Wildman–Crippen LogP) is -0.974. The van der Waals surface area contributed by atoms with E-state index in [0.717, 1.165) is 0 Å². The van der Waals surface area contributed by atoms with E-state index in [2.05, 4.69) is 10.6 Å². The van der Waals surface area contributed by atoms with Crippen LogP contribution in [0.1, 0.15) is 10.4 Å². The monoisotopic (exact) mass is 399 g/mol. The van der Waals surface area contributed by atoms with E-state index in [4.69, 9.17) is 9.47 Å². The molecule has 0 spiro atoms. The summed E-state index contributed by atoms with van der Waals surface area (Å²) >= 11 is 0. The molecule has 9 nitrogen and oxygen atoms in total. The first-order chi connectivity index (χ1) is 12.9. The number of ether oxygens (including phenoxy) is 2. The van der Waals surface area contributed by atoms with Crippen LogP contribution in [0.3, 0.4) is 0 Å². The van der Waals surface area contributed by atoms with Gasteiger partial charge in [0, 0.05) is 38.6 Å². The normalized spacial score (nSPS) is 23.9. The Morgan fingerprint density at radius 2 is 2.11 bits per heavy atom. The van der Waals surface area contributed by atoms with Gasteiger partial charge < -0.3 is 25.2 Å². The van der Waals surface area contributed by atoms with Gasteiger partial charge in [0.05, 0.1) is 36.9 Å². The quantitative estimate of drug-likeness (QED) is 0.563. The molecule has 1 aromatic carbocycles. The Morgan fingerprint density at radius 1 is 1.37 bits per heavy atom. The summed E-state index contributed by atoms with van der Waals surface area (Å²) in [6.45, 7) is 2.66. The van der Waals surface area contributed by atoms with Crippen molar-refractivity contribution < 1.29 is 27.8 Å². The lowest BCUT2D eigenvalue weighted by molar-refractivity contribution is 0.0730. The van der Waals surface area contributed by atoms with E-state index in [1.54, 1.807) is 0 Å². The van der Waals surface area contributed by atoms with Crippen LogP contribution in [0, 0.1) is 5.92 Å². The number of aliphatic hydroxyl groups excluding tert-OH is 1. The van der Waals surface area contributed by atoms with Crippen LogP contribution in [0.25, 0.3) is 0 Å². The van der Waals surface area contributed by atoms with Gasteiger partial charge >= 0.3 is 0 Å². The fourth-order valence-electron chi connectivity index (χ4n) is 3.21. The van der Waals surface area contributed by atoms with Crippen molar-refractivity contribution in [3.05, 3.63) is 23.8 Å². The molecule has 0 bridgehead atoms. The number of sulfonamides is 1. The van der Waals surface area contributed by atoms with Crippen molar-refractivity contribution in [1.82, 2.24) is 14.9 Å². The smallest absolute Gasteiger partial charge is 0.255 e. The minimum Gasteiger partial charge on any atom is -0.496 e. The lowest BCUT2D eigenvalue weighted by Gasteiger charge is -2.26. The Kier molecular flexibility index (Phi) is 6.33. The molecule has 2 aliphatic rings. The van der Waals surface area contributed by atoms with Crippen molar-refractivity contribution in [2.75, 3.05) is 53.0 Å². The Morgan fingerprint density at radius 3 is 2.74 bits per heavy atom. The standard InChI is InChI=1S/C17H25N3O6S/c1-25-16-3-2-13(27(23,24)20-4-6-26-7-5-20)8-14(16)17(22)19-10-12-9-18-11-15(12)21/h2-3,8,12,15,18,21H,4-7,9-11H2,1H3,(H,19,22). The second-order valence-corrected chi connectivity index (χ2v) is 8.51. The van der Waals surface area contributed by atoms with E-state index in [0.29, 0.717) is 32.1 Å². The van der Waals surface area contributed by atoms with Crippen LogP contribution >= 0.6 is 0 Å². The highest BCUT2D eigenvalue weighted by atomic mass is 32.2. The fraction of sp³-hybridized carbons (Fsp3) is 0.588. The number of amides is 1. The zero-order chi connectivity index (χ0) is 19.4. The van der Waals surface area contributed by atoms with Crippen LogP contribution in [-0.2, 0) is 14.8 Å². The number of morpholine rings is 1. The molecule has 1 aromatic rings. The summed E-state index contributed by atoms with van der Waals surface area (Å²) in [7, 11) is -2.29. The molecule has 2 aliphatic heterocycles. The molecule has 27 heavy (non-hydrogen) atoms. The van der Waals surface area contributed by atoms with Gasteiger partial charge in [-0.2, -0.15) is 4.31 Å². The summed E-state index contributed by atoms with van der Waals surface area (Å²) in [6.07, 6.45) is -0.514. The number of nitrogens with one attached hydrogen (secondary N) is 2. The molecule has 2 heterocycles. The number of carbonyl (C=O) groups excluding carboxylic acids is 1. The van der Waals surface area contributed by atoms with Crippen molar-refractivity contribution in [2.24, 2.45) is 5.92 Å². The third-order valence-corrected chi connectivity index (χ3v) is 6.75. The van der Waals surface area contributed by atoms with Crippen molar-refractivity contribution in [3.63, 3.8) is 0 Å². The largest absolute Gasteiger partial charge is 0.496 e. The minimum absolute atomic E-state index is 0.0397. The number of carbonyl (C=O) groups is 1. The molecular formula is C17H25N3O6S. The second kappa shape index (κ2) is 8.53. The molecule has 2 unspecified atom stereocenters. The summed E-state index contributed by atoms with van der Waals surface area (Å²) in [5.41, 5.74) is 0.146. The fourth-order valence-corrected chi connectivity index (χ4v) is 4.64. The SMILES string of the molecule is COc1ccc(S(=O)(=O)N2CCOCC2)cc1C(=O)NCC1CNCC1O. The summed E-state index contributed by atoms with van der Waals surface area (Å²) < 4.78 is 37.4. The number of hydrogen-bond donors (Lipinski definition) is 3. The van der Waals surface area contributed by atoms with Crippen molar-refractivity contribution >= 4 is 15.9 Å². The van der Waals surface area contributed by atoms with Crippen molar-refractivity contribution in [3.8, 4) is 5.75 Å². The molecule has 2 saturated heterocycles. The molecule has 150 valence electrons. The average Bonchev–Trinajstić information content (AvgIpc) is 3.11. The summed E-state index contributed by atoms with van der Waals surface area (Å²) in [5, 5.41) is 15.6. The van der Waals surface area contributed by atoms with Crippen LogP contribution in [0.15, 0.2) is 23.1 Å². The molecule has 0 radical (unpaired) electrons. The molecule has 2 atom stereocenters. The Balaban J connectivity index is 1.79. The maximum absolute atomic E-state index is 12.8. The van der Waals surface area contributed by atoms with Crippen molar-refractivity contribution in [2.45, 2.75) is 11.0 Å². The lowest BCUT2D eigenvalue weighted by atomic mass is 10.1. The highest BCUT2D eigenvalue weighted by Crippen LogP contribution is 2.25. The average molecular weight is 399 g/mol. The third kappa shape index (κ3) is 4.41. The molecule has 10 heteroatoms. The molecule has 3 N–H and O–H groups in total. The molecular weight excluding hydrogens is 374 g/mol. The molecule has 0 saturated carbocycles.